The molecule has 7 nitrogen and oxygen atoms in total. The molecule has 0 bridgehead atoms. The Morgan fingerprint density at radius 2 is 2.11 bits per heavy atom. The summed E-state index contributed by atoms with van der Waals surface area (Å²) in [5, 5.41) is 13.4. The summed E-state index contributed by atoms with van der Waals surface area (Å²) in [4.78, 5) is 22.4. The van der Waals surface area contributed by atoms with E-state index in [2.05, 4.69) is 28.8 Å². The van der Waals surface area contributed by atoms with Gasteiger partial charge in [0, 0.05) is 51.2 Å². The Labute approximate surface area is 166 Å². The Morgan fingerprint density at radius 1 is 1.29 bits per heavy atom. The van der Waals surface area contributed by atoms with Gasteiger partial charge in [-0.2, -0.15) is 5.10 Å². The first-order chi connectivity index (χ1) is 13.6. The van der Waals surface area contributed by atoms with Gasteiger partial charge in [-0.1, -0.05) is 13.8 Å². The van der Waals surface area contributed by atoms with Crippen LogP contribution in [-0.2, 0) is 6.42 Å². The number of rotatable bonds is 6. The lowest BCUT2D eigenvalue weighted by atomic mass is 10.0. The zero-order valence-corrected chi connectivity index (χ0v) is 16.9. The molecule has 152 valence electrons. The molecule has 1 aliphatic heterocycles. The standard InChI is InChI=1S/C21H31N5O2/c1-15(2)19-14-25(8-3-7-24(19)12-16-4-5-16)21(28)18-11-23-26-13-17(6-9-27)10-22-20(18)26/h10-11,13,15-16,19,27H,3-9,12,14H2,1-2H3/t19-/m1/s1. The third-order valence-electron chi connectivity index (χ3n) is 6.04. The van der Waals surface area contributed by atoms with Gasteiger partial charge in [0.1, 0.15) is 5.56 Å². The summed E-state index contributed by atoms with van der Waals surface area (Å²) in [6.45, 7) is 8.39. The lowest BCUT2D eigenvalue weighted by Gasteiger charge is -2.34. The van der Waals surface area contributed by atoms with E-state index in [1.54, 1.807) is 16.9 Å². The lowest BCUT2D eigenvalue weighted by Crippen LogP contribution is -2.46. The van der Waals surface area contributed by atoms with Gasteiger partial charge in [-0.25, -0.2) is 9.50 Å². The molecule has 7 heteroatoms. The molecular weight excluding hydrogens is 354 g/mol. The Bertz CT molecular complexity index is 829. The first-order valence-corrected chi connectivity index (χ1v) is 10.5. The molecule has 1 aliphatic carbocycles. The van der Waals surface area contributed by atoms with E-state index in [-0.39, 0.29) is 12.5 Å². The summed E-state index contributed by atoms with van der Waals surface area (Å²) < 4.78 is 1.65. The van der Waals surface area contributed by atoms with Crippen molar-refractivity contribution in [2.45, 2.75) is 45.6 Å². The maximum Gasteiger partial charge on any atom is 0.259 e. The van der Waals surface area contributed by atoms with Crippen LogP contribution < -0.4 is 0 Å². The minimum absolute atomic E-state index is 0.0244. The molecule has 1 N–H and O–H groups in total. The number of carbonyl (C=O) groups is 1. The molecule has 1 atom stereocenters. The normalized spacial score (nSPS) is 21.4. The van der Waals surface area contributed by atoms with Crippen molar-refractivity contribution in [1.82, 2.24) is 24.4 Å². The number of amides is 1. The van der Waals surface area contributed by atoms with Crippen LogP contribution in [0, 0.1) is 11.8 Å². The summed E-state index contributed by atoms with van der Waals surface area (Å²) in [5.74, 6) is 1.40. The largest absolute Gasteiger partial charge is 0.396 e. The molecule has 4 rings (SSSR count). The maximum absolute atomic E-state index is 13.3. The van der Waals surface area contributed by atoms with Crippen molar-refractivity contribution >= 4 is 11.6 Å². The van der Waals surface area contributed by atoms with Crippen LogP contribution in [0.1, 0.15) is 49.0 Å². The maximum atomic E-state index is 13.3. The van der Waals surface area contributed by atoms with Gasteiger partial charge in [0.15, 0.2) is 5.65 Å². The van der Waals surface area contributed by atoms with Crippen LogP contribution in [0.5, 0.6) is 0 Å². The summed E-state index contributed by atoms with van der Waals surface area (Å²) in [5.41, 5.74) is 2.06. The summed E-state index contributed by atoms with van der Waals surface area (Å²) in [7, 11) is 0. The third-order valence-corrected chi connectivity index (χ3v) is 6.04. The van der Waals surface area contributed by atoms with Gasteiger partial charge in [-0.05, 0) is 43.1 Å². The molecule has 2 fully saturated rings. The molecule has 2 aromatic heterocycles. The van der Waals surface area contributed by atoms with E-state index >= 15 is 0 Å². The number of aliphatic hydroxyl groups is 1. The molecule has 1 saturated carbocycles. The van der Waals surface area contributed by atoms with Gasteiger partial charge in [0.2, 0.25) is 0 Å². The molecule has 1 amide bonds. The average molecular weight is 386 g/mol. The fourth-order valence-corrected chi connectivity index (χ4v) is 4.23. The summed E-state index contributed by atoms with van der Waals surface area (Å²) in [6, 6.07) is 0.401. The summed E-state index contributed by atoms with van der Waals surface area (Å²) in [6.07, 6.45) is 9.45. The fraction of sp³-hybridized carbons (Fsp3) is 0.667. The zero-order chi connectivity index (χ0) is 19.7. The van der Waals surface area contributed by atoms with Crippen LogP contribution in [0.2, 0.25) is 0 Å². The van der Waals surface area contributed by atoms with Crippen molar-refractivity contribution in [2.75, 3.05) is 32.8 Å². The number of hydrogen-bond donors (Lipinski definition) is 1. The first kappa shape index (κ1) is 19.3. The van der Waals surface area contributed by atoms with Crippen molar-refractivity contribution in [3.8, 4) is 0 Å². The number of aromatic nitrogens is 3. The van der Waals surface area contributed by atoms with Crippen molar-refractivity contribution in [1.29, 1.82) is 0 Å². The van der Waals surface area contributed by atoms with Crippen molar-refractivity contribution in [3.05, 3.63) is 29.7 Å². The molecule has 3 heterocycles. The van der Waals surface area contributed by atoms with Crippen LogP contribution >= 0.6 is 0 Å². The van der Waals surface area contributed by atoms with Crippen LogP contribution in [0.25, 0.3) is 5.65 Å². The average Bonchev–Trinajstić information content (AvgIpc) is 3.43. The molecule has 2 aromatic rings. The second kappa shape index (κ2) is 8.17. The van der Waals surface area contributed by atoms with E-state index in [1.165, 1.54) is 19.4 Å². The summed E-state index contributed by atoms with van der Waals surface area (Å²) >= 11 is 0. The lowest BCUT2D eigenvalue weighted by molar-refractivity contribution is 0.0706. The van der Waals surface area contributed by atoms with Gasteiger partial charge in [-0.3, -0.25) is 9.69 Å². The van der Waals surface area contributed by atoms with Crippen molar-refractivity contribution < 1.29 is 9.90 Å². The van der Waals surface area contributed by atoms with Gasteiger partial charge in [0.05, 0.1) is 6.20 Å². The molecule has 2 aliphatic rings. The molecule has 1 saturated heterocycles. The third kappa shape index (κ3) is 4.05. The highest BCUT2D eigenvalue weighted by molar-refractivity contribution is 5.99. The highest BCUT2D eigenvalue weighted by atomic mass is 16.3. The second-order valence-corrected chi connectivity index (χ2v) is 8.62. The van der Waals surface area contributed by atoms with Gasteiger partial charge >= 0.3 is 0 Å². The van der Waals surface area contributed by atoms with E-state index in [9.17, 15) is 4.79 Å². The fourth-order valence-electron chi connectivity index (χ4n) is 4.23. The van der Waals surface area contributed by atoms with E-state index in [4.69, 9.17) is 5.11 Å². The Balaban J connectivity index is 1.54. The predicted molar refractivity (Wildman–Crippen MR) is 107 cm³/mol. The van der Waals surface area contributed by atoms with Gasteiger partial charge in [-0.15, -0.1) is 0 Å². The molecule has 0 radical (unpaired) electrons. The van der Waals surface area contributed by atoms with Crippen LogP contribution in [0.4, 0.5) is 0 Å². The van der Waals surface area contributed by atoms with E-state index in [0.717, 1.165) is 37.5 Å². The number of carbonyl (C=O) groups excluding carboxylic acids is 1. The number of fused-ring (bicyclic) bond motifs is 1. The second-order valence-electron chi connectivity index (χ2n) is 8.62. The molecule has 28 heavy (non-hydrogen) atoms. The van der Waals surface area contributed by atoms with Crippen LogP contribution in [0.3, 0.4) is 0 Å². The smallest absolute Gasteiger partial charge is 0.259 e. The minimum Gasteiger partial charge on any atom is -0.396 e. The van der Waals surface area contributed by atoms with Gasteiger partial charge in [0.25, 0.3) is 5.91 Å². The van der Waals surface area contributed by atoms with E-state index in [1.807, 2.05) is 11.1 Å². The van der Waals surface area contributed by atoms with Crippen LogP contribution in [-0.4, -0.2) is 74.2 Å². The predicted octanol–water partition coefficient (Wildman–Crippen LogP) is 1.85. The van der Waals surface area contributed by atoms with Crippen molar-refractivity contribution in [3.63, 3.8) is 0 Å². The topological polar surface area (TPSA) is 74.0 Å². The highest BCUT2D eigenvalue weighted by Gasteiger charge is 2.34. The van der Waals surface area contributed by atoms with Crippen molar-refractivity contribution in [2.24, 2.45) is 11.8 Å². The monoisotopic (exact) mass is 385 g/mol. The van der Waals surface area contributed by atoms with E-state index < -0.39 is 0 Å². The zero-order valence-electron chi connectivity index (χ0n) is 16.9. The molecule has 0 spiro atoms. The van der Waals surface area contributed by atoms with Gasteiger partial charge < -0.3 is 10.0 Å². The Morgan fingerprint density at radius 3 is 2.82 bits per heavy atom. The minimum atomic E-state index is 0.0244. The molecule has 0 unspecified atom stereocenters. The number of aliphatic hydroxyl groups excluding tert-OH is 1. The van der Waals surface area contributed by atoms with E-state index in [0.29, 0.717) is 29.6 Å². The SMILES string of the molecule is CC(C)[C@H]1CN(C(=O)c2cnn3cc(CCO)cnc23)CCCN1CC1CC1. The number of hydrogen-bond acceptors (Lipinski definition) is 5. The Kier molecular flexibility index (Phi) is 5.64. The molecular formula is C21H31N5O2. The van der Waals surface area contributed by atoms with Crippen LogP contribution in [0.15, 0.2) is 18.6 Å². The number of nitrogens with zero attached hydrogens (tertiary/aromatic N) is 5. The molecule has 0 aromatic carbocycles. The highest BCUT2D eigenvalue weighted by Crippen LogP contribution is 2.32. The Hall–Kier alpha value is -1.99. The first-order valence-electron chi connectivity index (χ1n) is 10.5. The quantitative estimate of drug-likeness (QED) is 0.821.